The smallest absolute Gasteiger partial charge is 0.332 e. The largest absolute Gasteiger partial charge is 0.466 e. The van der Waals surface area contributed by atoms with Crippen molar-refractivity contribution in [3.63, 3.8) is 0 Å². The highest BCUT2D eigenvalue weighted by Crippen LogP contribution is 2.04. The standard InChI is InChI=1S/C23H19N3O4S/c1-30-20(27)14-19-22(29)26(17-10-6-3-7-11-17)23(31-19)18(15-24)21(28)25-13-12-16-8-4-2-5-9-16/h2-11,14H,12-13H2,1H3,(H,25,28). The van der Waals surface area contributed by atoms with Gasteiger partial charge in [0.05, 0.1) is 12.8 Å². The molecular weight excluding hydrogens is 414 g/mol. The first-order valence-corrected chi connectivity index (χ1v) is 10.2. The molecule has 0 aliphatic carbocycles. The molecule has 3 aromatic rings. The summed E-state index contributed by atoms with van der Waals surface area (Å²) in [6.45, 7) is 0.329. The maximum absolute atomic E-state index is 13.0. The van der Waals surface area contributed by atoms with E-state index in [1.54, 1.807) is 30.3 Å². The van der Waals surface area contributed by atoms with Crippen molar-refractivity contribution in [2.75, 3.05) is 13.7 Å². The number of para-hydroxylation sites is 1. The fourth-order valence-corrected chi connectivity index (χ4v) is 3.94. The molecule has 0 radical (unpaired) electrons. The number of hydrogen-bond acceptors (Lipinski definition) is 6. The predicted octanol–water partition coefficient (Wildman–Crippen LogP) is 0.886. The highest BCUT2D eigenvalue weighted by molar-refractivity contribution is 7.07. The number of esters is 1. The van der Waals surface area contributed by atoms with Gasteiger partial charge in [0.2, 0.25) is 0 Å². The van der Waals surface area contributed by atoms with Crippen LogP contribution in [0.2, 0.25) is 0 Å². The molecule has 1 amide bonds. The summed E-state index contributed by atoms with van der Waals surface area (Å²) < 4.78 is 6.07. The van der Waals surface area contributed by atoms with E-state index in [-0.39, 0.29) is 14.8 Å². The lowest BCUT2D eigenvalue weighted by atomic mass is 10.1. The number of benzene rings is 2. The maximum atomic E-state index is 13.0. The minimum Gasteiger partial charge on any atom is -0.466 e. The Morgan fingerprint density at radius 2 is 1.77 bits per heavy atom. The number of hydrogen-bond donors (Lipinski definition) is 1. The van der Waals surface area contributed by atoms with E-state index in [9.17, 15) is 19.6 Å². The van der Waals surface area contributed by atoms with Crippen molar-refractivity contribution in [1.82, 2.24) is 9.88 Å². The van der Waals surface area contributed by atoms with Crippen LogP contribution in [-0.2, 0) is 20.7 Å². The maximum Gasteiger partial charge on any atom is 0.332 e. The second-order valence-corrected chi connectivity index (χ2v) is 7.42. The summed E-state index contributed by atoms with van der Waals surface area (Å²) in [7, 11) is 1.20. The Morgan fingerprint density at radius 3 is 2.39 bits per heavy atom. The van der Waals surface area contributed by atoms with E-state index in [2.05, 4.69) is 10.1 Å². The van der Waals surface area contributed by atoms with Gasteiger partial charge in [-0.05, 0) is 24.1 Å². The molecule has 7 nitrogen and oxygen atoms in total. The number of carbonyl (C=O) groups is 2. The zero-order valence-electron chi connectivity index (χ0n) is 16.7. The van der Waals surface area contributed by atoms with E-state index in [0.717, 1.165) is 23.0 Å². The van der Waals surface area contributed by atoms with Gasteiger partial charge in [0.25, 0.3) is 11.5 Å². The number of rotatable bonds is 6. The van der Waals surface area contributed by atoms with Crippen molar-refractivity contribution in [3.05, 3.63) is 85.8 Å². The van der Waals surface area contributed by atoms with Crippen LogP contribution >= 0.6 is 11.3 Å². The molecule has 0 aliphatic heterocycles. The number of nitrogens with one attached hydrogen (secondary N) is 1. The Kier molecular flexibility index (Phi) is 7.14. The van der Waals surface area contributed by atoms with Gasteiger partial charge in [0.15, 0.2) is 5.57 Å². The fourth-order valence-electron chi connectivity index (χ4n) is 2.88. The average molecular weight is 433 g/mol. The summed E-state index contributed by atoms with van der Waals surface area (Å²) in [4.78, 5) is 37.4. The Labute approximate surface area is 182 Å². The van der Waals surface area contributed by atoms with E-state index in [1.165, 1.54) is 11.7 Å². The molecule has 0 saturated heterocycles. The van der Waals surface area contributed by atoms with E-state index in [4.69, 9.17) is 0 Å². The lowest BCUT2D eigenvalue weighted by Crippen LogP contribution is -2.34. The molecule has 156 valence electrons. The van der Waals surface area contributed by atoms with Crippen molar-refractivity contribution in [3.8, 4) is 11.8 Å². The minimum atomic E-state index is -0.698. The predicted molar refractivity (Wildman–Crippen MR) is 118 cm³/mol. The zero-order chi connectivity index (χ0) is 22.2. The van der Waals surface area contributed by atoms with Crippen LogP contribution in [0.4, 0.5) is 0 Å². The van der Waals surface area contributed by atoms with Gasteiger partial charge in [-0.25, -0.2) is 4.79 Å². The zero-order valence-corrected chi connectivity index (χ0v) is 17.5. The van der Waals surface area contributed by atoms with Gasteiger partial charge < -0.3 is 10.1 Å². The van der Waals surface area contributed by atoms with E-state index >= 15 is 0 Å². The van der Waals surface area contributed by atoms with Gasteiger partial charge in [-0.15, -0.1) is 11.3 Å². The molecule has 0 aliphatic rings. The van der Waals surface area contributed by atoms with Crippen molar-refractivity contribution in [2.45, 2.75) is 6.42 Å². The van der Waals surface area contributed by atoms with E-state index in [0.29, 0.717) is 18.7 Å². The summed E-state index contributed by atoms with van der Waals surface area (Å²) >= 11 is 0.889. The number of nitriles is 1. The molecule has 0 fully saturated rings. The molecule has 0 bridgehead atoms. The van der Waals surface area contributed by atoms with Crippen molar-refractivity contribution in [1.29, 1.82) is 5.26 Å². The van der Waals surface area contributed by atoms with Gasteiger partial charge in [0.1, 0.15) is 15.3 Å². The Hall–Kier alpha value is -3.96. The van der Waals surface area contributed by atoms with E-state index < -0.39 is 17.4 Å². The van der Waals surface area contributed by atoms with Crippen LogP contribution < -0.4 is 20.1 Å². The van der Waals surface area contributed by atoms with Gasteiger partial charge in [-0.3, -0.25) is 14.2 Å². The SMILES string of the molecule is COC(=O)C=c1sc(=C(C#N)C(=O)NCCc2ccccc2)n(-c2ccccc2)c1=O. The first-order chi connectivity index (χ1) is 15.0. The van der Waals surface area contributed by atoms with Gasteiger partial charge >= 0.3 is 5.97 Å². The van der Waals surface area contributed by atoms with Gasteiger partial charge in [-0.1, -0.05) is 48.5 Å². The van der Waals surface area contributed by atoms with E-state index in [1.807, 2.05) is 36.4 Å². The molecule has 3 rings (SSSR count). The monoisotopic (exact) mass is 433 g/mol. The third kappa shape index (κ3) is 5.15. The molecule has 0 spiro atoms. The topological polar surface area (TPSA) is 101 Å². The normalized spacial score (nSPS) is 12.1. The number of thiazole rings is 1. The number of amides is 1. The number of aromatic nitrogens is 1. The molecule has 0 saturated carbocycles. The summed E-state index contributed by atoms with van der Waals surface area (Å²) in [5.74, 6) is -1.29. The Bertz CT molecular complexity index is 1300. The second kappa shape index (κ2) is 10.2. The minimum absolute atomic E-state index is 0.0653. The summed E-state index contributed by atoms with van der Waals surface area (Å²) in [6.07, 6.45) is 1.65. The van der Waals surface area contributed by atoms with Crippen LogP contribution in [0, 0.1) is 11.3 Å². The summed E-state index contributed by atoms with van der Waals surface area (Å²) in [5.41, 5.74) is 0.812. The van der Waals surface area contributed by atoms with Gasteiger partial charge in [-0.2, -0.15) is 5.26 Å². The highest BCUT2D eigenvalue weighted by Gasteiger charge is 2.17. The third-order valence-corrected chi connectivity index (χ3v) is 5.48. The van der Waals surface area contributed by atoms with Crippen molar-refractivity contribution in [2.24, 2.45) is 0 Å². The Balaban J connectivity index is 2.06. The Morgan fingerprint density at radius 1 is 1.13 bits per heavy atom. The molecule has 2 aromatic carbocycles. The van der Waals surface area contributed by atoms with Crippen LogP contribution in [0.1, 0.15) is 5.56 Å². The van der Waals surface area contributed by atoms with Crippen LogP contribution in [0.5, 0.6) is 0 Å². The average Bonchev–Trinajstić information content (AvgIpc) is 3.11. The highest BCUT2D eigenvalue weighted by atomic mass is 32.1. The summed E-state index contributed by atoms with van der Waals surface area (Å²) in [6, 6.07) is 20.2. The number of methoxy groups -OCH3 is 1. The molecular formula is C23H19N3O4S. The van der Waals surface area contributed by atoms with Crippen LogP contribution in [-0.4, -0.2) is 30.1 Å². The summed E-state index contributed by atoms with van der Waals surface area (Å²) in [5, 5.41) is 12.4. The number of ether oxygens (including phenoxy) is 1. The quantitative estimate of drug-likeness (QED) is 0.582. The first kappa shape index (κ1) is 21.7. The van der Waals surface area contributed by atoms with Crippen molar-refractivity contribution < 1.29 is 14.3 Å². The van der Waals surface area contributed by atoms with Crippen LogP contribution in [0.15, 0.2) is 65.5 Å². The molecule has 31 heavy (non-hydrogen) atoms. The van der Waals surface area contributed by atoms with Crippen LogP contribution in [0.3, 0.4) is 0 Å². The molecule has 1 heterocycles. The molecule has 0 unspecified atom stereocenters. The molecule has 0 atom stereocenters. The molecule has 1 aromatic heterocycles. The molecule has 8 heteroatoms. The molecule has 1 N–H and O–H groups in total. The van der Waals surface area contributed by atoms with Crippen molar-refractivity contribution >= 4 is 34.9 Å². The first-order valence-electron chi connectivity index (χ1n) is 9.38. The lowest BCUT2D eigenvalue weighted by Gasteiger charge is -2.06. The van der Waals surface area contributed by atoms with Crippen LogP contribution in [0.25, 0.3) is 17.3 Å². The number of nitrogens with zero attached hydrogens (tertiary/aromatic N) is 2. The lowest BCUT2D eigenvalue weighted by molar-refractivity contribution is -0.133. The van der Waals surface area contributed by atoms with Gasteiger partial charge in [0, 0.05) is 12.6 Å². The number of carbonyl (C=O) groups excluding carboxylic acids is 2. The fraction of sp³-hybridized carbons (Fsp3) is 0.130. The second-order valence-electron chi connectivity index (χ2n) is 6.39. The third-order valence-electron chi connectivity index (χ3n) is 4.38.